The summed E-state index contributed by atoms with van der Waals surface area (Å²) in [5.74, 6) is -1.40. The van der Waals surface area contributed by atoms with Gasteiger partial charge in [-0.05, 0) is 74.2 Å². The number of Topliss-reactive ketones (excluding diaryl/α,β-unsaturated/α-hetero) is 1. The van der Waals surface area contributed by atoms with Crippen LogP contribution in [0.2, 0.25) is 0 Å². The SMILES string of the molecule is CN(CC(O)CO)C(=O)c1c(I)c(NC(=O)CCO)c(I)c(C(=O)CCC(O)CO)c1I. The number of carbonyl (C=O) groups excluding carboxylic acids is 3. The van der Waals surface area contributed by atoms with E-state index >= 15 is 0 Å². The maximum absolute atomic E-state index is 13.2. The number of nitrogens with zero attached hydrogens (tertiary/aromatic N) is 1. The zero-order chi connectivity index (χ0) is 24.6. The Morgan fingerprint density at radius 2 is 1.47 bits per heavy atom. The smallest absolute Gasteiger partial charge is 0.255 e. The number of amides is 2. The summed E-state index contributed by atoms with van der Waals surface area (Å²) in [6.07, 6.45) is -2.45. The van der Waals surface area contributed by atoms with Crippen LogP contribution >= 0.6 is 67.8 Å². The molecular weight excluding hydrogens is 765 g/mol. The van der Waals surface area contributed by atoms with Crippen LogP contribution in [0.3, 0.4) is 0 Å². The molecule has 0 fully saturated rings. The molecule has 1 aromatic carbocycles. The van der Waals surface area contributed by atoms with E-state index in [4.69, 9.17) is 15.3 Å². The van der Waals surface area contributed by atoms with E-state index in [1.807, 2.05) is 67.8 Å². The van der Waals surface area contributed by atoms with Crippen LogP contribution in [0.4, 0.5) is 5.69 Å². The van der Waals surface area contributed by atoms with Crippen LogP contribution in [-0.2, 0) is 4.79 Å². The van der Waals surface area contributed by atoms with Crippen molar-refractivity contribution in [2.75, 3.05) is 38.7 Å². The van der Waals surface area contributed by atoms with E-state index in [-0.39, 0.29) is 55.0 Å². The topological polar surface area (TPSA) is 168 Å². The van der Waals surface area contributed by atoms with Gasteiger partial charge in [-0.1, -0.05) is 0 Å². The molecule has 13 heteroatoms. The molecule has 0 spiro atoms. The van der Waals surface area contributed by atoms with Crippen LogP contribution in [0.5, 0.6) is 0 Å². The molecule has 180 valence electrons. The maximum atomic E-state index is 13.2. The highest BCUT2D eigenvalue weighted by molar-refractivity contribution is 14.1. The van der Waals surface area contributed by atoms with E-state index in [0.717, 1.165) is 0 Å². The van der Waals surface area contributed by atoms with Crippen molar-refractivity contribution in [3.8, 4) is 0 Å². The molecular formula is C19H25I3N2O8. The molecule has 0 aliphatic carbocycles. The molecule has 2 amide bonds. The number of ketones is 1. The minimum absolute atomic E-state index is 0.0194. The summed E-state index contributed by atoms with van der Waals surface area (Å²) in [6, 6.07) is 0. The number of aliphatic hydroxyl groups is 5. The maximum Gasteiger partial charge on any atom is 0.255 e. The van der Waals surface area contributed by atoms with Gasteiger partial charge >= 0.3 is 0 Å². The number of anilines is 1. The highest BCUT2D eigenvalue weighted by Crippen LogP contribution is 2.37. The first-order valence-electron chi connectivity index (χ1n) is 9.47. The van der Waals surface area contributed by atoms with E-state index < -0.39 is 37.2 Å². The Kier molecular flexibility index (Phi) is 13.3. The Morgan fingerprint density at radius 1 is 0.906 bits per heavy atom. The Labute approximate surface area is 226 Å². The number of benzene rings is 1. The lowest BCUT2D eigenvalue weighted by molar-refractivity contribution is -0.116. The van der Waals surface area contributed by atoms with Gasteiger partial charge in [0.2, 0.25) is 5.91 Å². The molecule has 6 N–H and O–H groups in total. The molecule has 0 saturated heterocycles. The van der Waals surface area contributed by atoms with Gasteiger partial charge in [0.1, 0.15) is 0 Å². The van der Waals surface area contributed by atoms with Crippen molar-refractivity contribution in [3.05, 3.63) is 21.8 Å². The fourth-order valence-electron chi connectivity index (χ4n) is 2.67. The summed E-state index contributed by atoms with van der Waals surface area (Å²) in [7, 11) is 1.44. The third-order valence-corrected chi connectivity index (χ3v) is 7.61. The minimum atomic E-state index is -1.15. The number of aliphatic hydroxyl groups excluding tert-OH is 5. The van der Waals surface area contributed by atoms with E-state index in [9.17, 15) is 24.6 Å². The molecule has 1 aromatic rings. The summed E-state index contributed by atoms with van der Waals surface area (Å²) in [5.41, 5.74) is 0.579. The van der Waals surface area contributed by atoms with Gasteiger partial charge in [-0.25, -0.2) is 0 Å². The number of hydrogen-bond acceptors (Lipinski definition) is 8. The predicted molar refractivity (Wildman–Crippen MR) is 142 cm³/mol. The summed E-state index contributed by atoms with van der Waals surface area (Å²) in [5, 5.41) is 49.1. The molecule has 0 radical (unpaired) electrons. The van der Waals surface area contributed by atoms with Crippen LogP contribution in [0, 0.1) is 10.7 Å². The fraction of sp³-hybridized carbons (Fsp3) is 0.526. The monoisotopic (exact) mass is 790 g/mol. The molecule has 0 aliphatic heterocycles. The van der Waals surface area contributed by atoms with Gasteiger partial charge in [0.15, 0.2) is 5.78 Å². The third kappa shape index (κ3) is 7.95. The Hall–Kier alpha value is -0.180. The normalized spacial score (nSPS) is 12.9. The van der Waals surface area contributed by atoms with Crippen molar-refractivity contribution in [3.63, 3.8) is 0 Å². The van der Waals surface area contributed by atoms with Gasteiger partial charge in [0.05, 0.1) is 53.3 Å². The second-order valence-electron chi connectivity index (χ2n) is 6.91. The quantitative estimate of drug-likeness (QED) is 0.132. The lowest BCUT2D eigenvalue weighted by atomic mass is 10.0. The highest BCUT2D eigenvalue weighted by Gasteiger charge is 2.30. The van der Waals surface area contributed by atoms with Crippen molar-refractivity contribution >= 4 is 91.1 Å². The Morgan fingerprint density at radius 3 is 2.00 bits per heavy atom. The van der Waals surface area contributed by atoms with E-state index in [2.05, 4.69) is 5.32 Å². The zero-order valence-electron chi connectivity index (χ0n) is 17.1. The van der Waals surface area contributed by atoms with Crippen molar-refractivity contribution in [2.45, 2.75) is 31.5 Å². The Bertz CT molecular complexity index is 853. The molecule has 0 aliphatic rings. The number of likely N-dealkylation sites (N-methyl/N-ethyl adjacent to an activating group) is 1. The lowest BCUT2D eigenvalue weighted by Crippen LogP contribution is -2.37. The largest absolute Gasteiger partial charge is 0.396 e. The molecule has 0 aromatic heterocycles. The number of halogens is 3. The van der Waals surface area contributed by atoms with Gasteiger partial charge in [-0.15, -0.1) is 0 Å². The average molecular weight is 790 g/mol. The molecule has 2 unspecified atom stereocenters. The summed E-state index contributed by atoms with van der Waals surface area (Å²) >= 11 is 5.67. The summed E-state index contributed by atoms with van der Waals surface area (Å²) < 4.78 is 1.13. The molecule has 0 heterocycles. The number of hydrogen-bond donors (Lipinski definition) is 6. The first-order chi connectivity index (χ1) is 15.0. The van der Waals surface area contributed by atoms with Crippen LogP contribution in [0.15, 0.2) is 0 Å². The van der Waals surface area contributed by atoms with E-state index in [1.54, 1.807) is 0 Å². The molecule has 0 saturated carbocycles. The molecule has 32 heavy (non-hydrogen) atoms. The van der Waals surface area contributed by atoms with Crippen molar-refractivity contribution in [1.29, 1.82) is 0 Å². The van der Waals surface area contributed by atoms with E-state index in [1.165, 1.54) is 11.9 Å². The van der Waals surface area contributed by atoms with Crippen molar-refractivity contribution < 1.29 is 39.9 Å². The van der Waals surface area contributed by atoms with Crippen LogP contribution in [0.1, 0.15) is 40.0 Å². The standard InChI is InChI=1S/C19H25I3N2O8/c1-24(6-10(29)8-27)19(32)14-15(20)13(11(30)3-2-9(28)7-26)16(21)18(17(14)22)23-12(31)4-5-25/h9-10,25-29H,2-8H2,1H3,(H,23,31). The van der Waals surface area contributed by atoms with Crippen molar-refractivity contribution in [1.82, 2.24) is 4.90 Å². The highest BCUT2D eigenvalue weighted by atomic mass is 127. The molecule has 2 atom stereocenters. The summed E-state index contributed by atoms with van der Waals surface area (Å²) in [4.78, 5) is 39.5. The number of rotatable bonds is 12. The molecule has 1 rings (SSSR count). The van der Waals surface area contributed by atoms with Gasteiger partial charge in [-0.3, -0.25) is 14.4 Å². The summed E-state index contributed by atoms with van der Waals surface area (Å²) in [6.45, 7) is -1.54. The molecule has 0 bridgehead atoms. The van der Waals surface area contributed by atoms with Gasteiger partial charge < -0.3 is 35.7 Å². The number of carbonyl (C=O) groups is 3. The van der Waals surface area contributed by atoms with Gasteiger partial charge in [0.25, 0.3) is 5.91 Å². The average Bonchev–Trinajstić information content (AvgIpc) is 2.74. The molecule has 10 nitrogen and oxygen atoms in total. The zero-order valence-corrected chi connectivity index (χ0v) is 23.6. The second kappa shape index (κ2) is 14.3. The van der Waals surface area contributed by atoms with Crippen molar-refractivity contribution in [2.24, 2.45) is 0 Å². The first-order valence-corrected chi connectivity index (χ1v) is 12.7. The van der Waals surface area contributed by atoms with E-state index in [0.29, 0.717) is 10.7 Å². The Balaban J connectivity index is 3.57. The first kappa shape index (κ1) is 29.9. The minimum Gasteiger partial charge on any atom is -0.396 e. The fourth-order valence-corrected chi connectivity index (χ4v) is 7.17. The van der Waals surface area contributed by atoms with Gasteiger partial charge in [-0.2, -0.15) is 0 Å². The van der Waals surface area contributed by atoms with Gasteiger partial charge in [0, 0.05) is 32.7 Å². The van der Waals surface area contributed by atoms with Crippen LogP contribution in [0.25, 0.3) is 0 Å². The second-order valence-corrected chi connectivity index (χ2v) is 10.1. The van der Waals surface area contributed by atoms with Crippen LogP contribution in [-0.4, -0.2) is 93.7 Å². The lowest BCUT2D eigenvalue weighted by Gasteiger charge is -2.24. The van der Waals surface area contributed by atoms with Crippen LogP contribution < -0.4 is 5.32 Å². The number of nitrogens with one attached hydrogen (secondary N) is 1. The predicted octanol–water partition coefficient (Wildman–Crippen LogP) is 0.563. The third-order valence-electron chi connectivity index (χ3n) is 4.37.